The molecule has 0 radical (unpaired) electrons. The zero-order chi connectivity index (χ0) is 10.9. The van der Waals surface area contributed by atoms with Gasteiger partial charge in [-0.1, -0.05) is 0 Å². The summed E-state index contributed by atoms with van der Waals surface area (Å²) in [4.78, 5) is 13.6. The third kappa shape index (κ3) is 2.25. The highest BCUT2D eigenvalue weighted by molar-refractivity contribution is 5.85. The Morgan fingerprint density at radius 3 is 2.50 bits per heavy atom. The third-order valence-electron chi connectivity index (χ3n) is 2.71. The maximum atomic E-state index is 11.8. The highest BCUT2D eigenvalue weighted by Gasteiger charge is 2.35. The van der Waals surface area contributed by atoms with Crippen LogP contribution in [0.4, 0.5) is 0 Å². The summed E-state index contributed by atoms with van der Waals surface area (Å²) in [6, 6.07) is 0.172. The highest BCUT2D eigenvalue weighted by Crippen LogP contribution is 2.20. The molecule has 1 amide bonds. The summed E-state index contributed by atoms with van der Waals surface area (Å²) in [7, 11) is 1.80. The zero-order valence-electron chi connectivity index (χ0n) is 9.41. The van der Waals surface area contributed by atoms with E-state index < -0.39 is 5.54 Å². The topological polar surface area (TPSA) is 55.6 Å². The Bertz CT molecular complexity index is 223. The van der Waals surface area contributed by atoms with Crippen molar-refractivity contribution in [3.8, 4) is 0 Å². The van der Waals surface area contributed by atoms with Gasteiger partial charge in [-0.3, -0.25) is 4.79 Å². The van der Waals surface area contributed by atoms with Crippen LogP contribution in [0.2, 0.25) is 0 Å². The lowest BCUT2D eigenvalue weighted by Gasteiger charge is -2.32. The lowest BCUT2D eigenvalue weighted by atomic mass is 10.0. The molecule has 0 spiro atoms. The molecule has 82 valence electrons. The lowest BCUT2D eigenvalue weighted by molar-refractivity contribution is -0.137. The molecule has 4 nitrogen and oxygen atoms in total. The molecule has 1 aliphatic rings. The molecule has 0 aliphatic carbocycles. The van der Waals surface area contributed by atoms with E-state index in [0.717, 1.165) is 13.0 Å². The second-order valence-corrected chi connectivity index (χ2v) is 4.57. The number of amides is 1. The Hall–Kier alpha value is -0.610. The predicted octanol–water partition coefficient (Wildman–Crippen LogP) is 0.360. The van der Waals surface area contributed by atoms with Gasteiger partial charge in [0, 0.05) is 13.7 Å². The molecule has 1 fully saturated rings. The lowest BCUT2D eigenvalue weighted by Crippen LogP contribution is -2.54. The first-order chi connectivity index (χ1) is 6.34. The second kappa shape index (κ2) is 3.87. The molecule has 0 saturated carbocycles. The van der Waals surface area contributed by atoms with E-state index in [4.69, 9.17) is 10.5 Å². The molecule has 1 saturated heterocycles. The Morgan fingerprint density at radius 2 is 2.14 bits per heavy atom. The Kier molecular flexibility index (Phi) is 3.17. The van der Waals surface area contributed by atoms with E-state index in [-0.39, 0.29) is 18.1 Å². The first-order valence-corrected chi connectivity index (χ1v) is 5.02. The SMILES string of the molecule is CC1OCCC1N(C)C(=O)C(C)(C)N. The van der Waals surface area contributed by atoms with Crippen molar-refractivity contribution in [2.45, 2.75) is 44.9 Å². The summed E-state index contributed by atoms with van der Waals surface area (Å²) >= 11 is 0. The average molecular weight is 200 g/mol. The van der Waals surface area contributed by atoms with E-state index in [1.54, 1.807) is 25.8 Å². The van der Waals surface area contributed by atoms with Gasteiger partial charge in [0.15, 0.2) is 0 Å². The standard InChI is InChI=1S/C10H20N2O2/c1-7-8(5-6-14-7)12(4)9(13)10(2,3)11/h7-8H,5-6,11H2,1-4H3. The molecular formula is C10H20N2O2. The van der Waals surface area contributed by atoms with Crippen molar-refractivity contribution >= 4 is 5.91 Å². The normalized spacial score (nSPS) is 27.8. The van der Waals surface area contributed by atoms with Crippen molar-refractivity contribution in [3.05, 3.63) is 0 Å². The largest absolute Gasteiger partial charge is 0.376 e. The van der Waals surface area contributed by atoms with Crippen molar-refractivity contribution in [1.82, 2.24) is 4.90 Å². The van der Waals surface area contributed by atoms with E-state index in [0.29, 0.717) is 0 Å². The van der Waals surface area contributed by atoms with Crippen molar-refractivity contribution in [2.24, 2.45) is 5.73 Å². The molecule has 2 atom stereocenters. The van der Waals surface area contributed by atoms with Gasteiger partial charge in [-0.25, -0.2) is 0 Å². The van der Waals surface area contributed by atoms with Crippen LogP contribution in [0.15, 0.2) is 0 Å². The maximum Gasteiger partial charge on any atom is 0.242 e. The molecule has 0 aromatic carbocycles. The van der Waals surface area contributed by atoms with E-state index >= 15 is 0 Å². The van der Waals surface area contributed by atoms with Crippen molar-refractivity contribution in [1.29, 1.82) is 0 Å². The van der Waals surface area contributed by atoms with Crippen LogP contribution < -0.4 is 5.73 Å². The summed E-state index contributed by atoms with van der Waals surface area (Å²) in [6.07, 6.45) is 1.02. The highest BCUT2D eigenvalue weighted by atomic mass is 16.5. The number of carbonyl (C=O) groups excluding carboxylic acids is 1. The molecule has 2 N–H and O–H groups in total. The molecule has 1 rings (SSSR count). The number of ether oxygens (including phenoxy) is 1. The molecule has 14 heavy (non-hydrogen) atoms. The summed E-state index contributed by atoms with van der Waals surface area (Å²) in [5.74, 6) is -0.0279. The van der Waals surface area contributed by atoms with Crippen LogP contribution in [-0.4, -0.2) is 42.1 Å². The van der Waals surface area contributed by atoms with E-state index in [1.807, 2.05) is 6.92 Å². The summed E-state index contributed by atoms with van der Waals surface area (Å²) in [5, 5.41) is 0. The average Bonchev–Trinajstić information content (AvgIpc) is 2.47. The molecule has 0 bridgehead atoms. The van der Waals surface area contributed by atoms with E-state index in [9.17, 15) is 4.79 Å². The summed E-state index contributed by atoms with van der Waals surface area (Å²) < 4.78 is 5.41. The van der Waals surface area contributed by atoms with Gasteiger partial charge in [-0.15, -0.1) is 0 Å². The zero-order valence-corrected chi connectivity index (χ0v) is 9.41. The van der Waals surface area contributed by atoms with Gasteiger partial charge in [0.1, 0.15) is 0 Å². The number of hydrogen-bond donors (Lipinski definition) is 1. The van der Waals surface area contributed by atoms with Gasteiger partial charge >= 0.3 is 0 Å². The maximum absolute atomic E-state index is 11.8. The first kappa shape index (κ1) is 11.5. The third-order valence-corrected chi connectivity index (χ3v) is 2.71. The first-order valence-electron chi connectivity index (χ1n) is 5.02. The monoisotopic (exact) mass is 200 g/mol. The minimum atomic E-state index is -0.795. The number of rotatable bonds is 2. The molecule has 2 unspecified atom stereocenters. The quantitative estimate of drug-likeness (QED) is 0.700. The van der Waals surface area contributed by atoms with Crippen LogP contribution in [0.3, 0.4) is 0 Å². The fourth-order valence-corrected chi connectivity index (χ4v) is 1.83. The minimum absolute atomic E-state index is 0.0279. The van der Waals surface area contributed by atoms with Crippen LogP contribution in [-0.2, 0) is 9.53 Å². The van der Waals surface area contributed by atoms with Crippen LogP contribution in [0.5, 0.6) is 0 Å². The van der Waals surface area contributed by atoms with Gasteiger partial charge in [0.05, 0.1) is 17.7 Å². The summed E-state index contributed by atoms with van der Waals surface area (Å²) in [5.41, 5.74) is 4.97. The van der Waals surface area contributed by atoms with Crippen LogP contribution in [0, 0.1) is 0 Å². The minimum Gasteiger partial charge on any atom is -0.376 e. The van der Waals surface area contributed by atoms with Crippen molar-refractivity contribution < 1.29 is 9.53 Å². The van der Waals surface area contributed by atoms with Crippen LogP contribution >= 0.6 is 0 Å². The number of carbonyl (C=O) groups is 1. The fraction of sp³-hybridized carbons (Fsp3) is 0.900. The van der Waals surface area contributed by atoms with E-state index in [2.05, 4.69) is 0 Å². The Balaban J connectivity index is 2.65. The molecule has 0 aromatic heterocycles. The van der Waals surface area contributed by atoms with Gasteiger partial charge in [0.25, 0.3) is 0 Å². The number of nitrogens with zero attached hydrogens (tertiary/aromatic N) is 1. The van der Waals surface area contributed by atoms with E-state index in [1.165, 1.54) is 0 Å². The molecule has 1 aliphatic heterocycles. The van der Waals surface area contributed by atoms with Crippen molar-refractivity contribution in [2.75, 3.05) is 13.7 Å². The van der Waals surface area contributed by atoms with Gasteiger partial charge in [-0.05, 0) is 27.2 Å². The Morgan fingerprint density at radius 1 is 1.57 bits per heavy atom. The predicted molar refractivity (Wildman–Crippen MR) is 54.9 cm³/mol. The molecular weight excluding hydrogens is 180 g/mol. The Labute approximate surface area is 85.4 Å². The smallest absolute Gasteiger partial charge is 0.242 e. The van der Waals surface area contributed by atoms with Gasteiger partial charge in [-0.2, -0.15) is 0 Å². The second-order valence-electron chi connectivity index (χ2n) is 4.57. The van der Waals surface area contributed by atoms with Gasteiger partial charge < -0.3 is 15.4 Å². The summed E-state index contributed by atoms with van der Waals surface area (Å²) in [6.45, 7) is 6.18. The van der Waals surface area contributed by atoms with Crippen molar-refractivity contribution in [3.63, 3.8) is 0 Å². The molecule has 1 heterocycles. The molecule has 0 aromatic rings. The number of nitrogens with two attached hydrogens (primary N) is 1. The fourth-order valence-electron chi connectivity index (χ4n) is 1.83. The molecule has 4 heteroatoms. The van der Waals surface area contributed by atoms with Crippen LogP contribution in [0.25, 0.3) is 0 Å². The van der Waals surface area contributed by atoms with Crippen LogP contribution in [0.1, 0.15) is 27.2 Å². The number of likely N-dealkylation sites (N-methyl/N-ethyl adjacent to an activating group) is 1. The number of hydrogen-bond acceptors (Lipinski definition) is 3. The van der Waals surface area contributed by atoms with Gasteiger partial charge in [0.2, 0.25) is 5.91 Å².